The molecule has 0 aliphatic carbocycles. The second-order valence-corrected chi connectivity index (χ2v) is 3.58. The summed E-state index contributed by atoms with van der Waals surface area (Å²) in [5.41, 5.74) is 7.12. The van der Waals surface area contributed by atoms with Crippen molar-refractivity contribution in [3.05, 3.63) is 41.9 Å². The molecule has 88 valence electrons. The van der Waals surface area contributed by atoms with Crippen LogP contribution in [-0.2, 0) is 17.8 Å². The monoisotopic (exact) mass is 231 g/mol. The first-order chi connectivity index (χ1) is 8.25. The predicted molar refractivity (Wildman–Crippen MR) is 62.8 cm³/mol. The van der Waals surface area contributed by atoms with Gasteiger partial charge in [-0.05, 0) is 12.1 Å². The van der Waals surface area contributed by atoms with Crippen molar-refractivity contribution in [1.82, 2.24) is 20.5 Å². The zero-order valence-electron chi connectivity index (χ0n) is 9.18. The number of nitrogens with one attached hydrogen (secondary N) is 2. The molecule has 1 amide bonds. The summed E-state index contributed by atoms with van der Waals surface area (Å²) >= 11 is 0. The minimum Gasteiger partial charge on any atom is -0.384 e. The maximum absolute atomic E-state index is 11.6. The molecule has 0 unspecified atom stereocenters. The van der Waals surface area contributed by atoms with Gasteiger partial charge in [0.05, 0.1) is 12.6 Å². The van der Waals surface area contributed by atoms with Crippen molar-refractivity contribution in [2.45, 2.75) is 13.0 Å². The lowest BCUT2D eigenvalue weighted by atomic mass is 10.2. The lowest BCUT2D eigenvalue weighted by molar-refractivity contribution is -0.120. The first-order valence-corrected chi connectivity index (χ1v) is 5.20. The summed E-state index contributed by atoms with van der Waals surface area (Å²) < 4.78 is 0. The largest absolute Gasteiger partial charge is 0.384 e. The van der Waals surface area contributed by atoms with Gasteiger partial charge in [-0.2, -0.15) is 5.10 Å². The first-order valence-electron chi connectivity index (χ1n) is 5.20. The van der Waals surface area contributed by atoms with Gasteiger partial charge in [0, 0.05) is 24.0 Å². The summed E-state index contributed by atoms with van der Waals surface area (Å²) in [4.78, 5) is 15.7. The van der Waals surface area contributed by atoms with Crippen molar-refractivity contribution in [2.24, 2.45) is 0 Å². The number of carbonyl (C=O) groups is 1. The van der Waals surface area contributed by atoms with E-state index in [4.69, 9.17) is 5.73 Å². The van der Waals surface area contributed by atoms with Gasteiger partial charge in [-0.25, -0.2) is 0 Å². The molecule has 0 aliphatic rings. The molecule has 6 nitrogen and oxygen atoms in total. The number of hydrogen-bond donors (Lipinski definition) is 3. The number of nitrogens with two attached hydrogens (primary N) is 1. The zero-order chi connectivity index (χ0) is 12.1. The van der Waals surface area contributed by atoms with Crippen molar-refractivity contribution in [2.75, 3.05) is 5.73 Å². The van der Waals surface area contributed by atoms with E-state index < -0.39 is 0 Å². The fourth-order valence-electron chi connectivity index (χ4n) is 1.39. The molecule has 2 rings (SSSR count). The summed E-state index contributed by atoms with van der Waals surface area (Å²) in [6.45, 7) is 0.369. The number of aromatic amines is 1. The molecule has 17 heavy (non-hydrogen) atoms. The van der Waals surface area contributed by atoms with E-state index >= 15 is 0 Å². The molecule has 0 saturated carbocycles. The van der Waals surface area contributed by atoms with Crippen LogP contribution >= 0.6 is 0 Å². The molecule has 2 aromatic heterocycles. The Balaban J connectivity index is 1.84. The second kappa shape index (κ2) is 5.11. The van der Waals surface area contributed by atoms with E-state index in [-0.39, 0.29) is 12.3 Å². The number of pyridine rings is 1. The quantitative estimate of drug-likeness (QED) is 0.702. The number of carbonyl (C=O) groups excluding carboxylic acids is 1. The van der Waals surface area contributed by atoms with E-state index in [1.54, 1.807) is 12.4 Å². The van der Waals surface area contributed by atoms with Crippen molar-refractivity contribution in [3.8, 4) is 0 Å². The van der Waals surface area contributed by atoms with Crippen molar-refractivity contribution in [3.63, 3.8) is 0 Å². The third kappa shape index (κ3) is 3.04. The van der Waals surface area contributed by atoms with Gasteiger partial charge in [0.15, 0.2) is 0 Å². The fraction of sp³-hybridized carbons (Fsp3) is 0.182. The van der Waals surface area contributed by atoms with Crippen LogP contribution in [0.3, 0.4) is 0 Å². The number of aromatic nitrogens is 3. The minimum atomic E-state index is -0.0932. The Kier molecular flexibility index (Phi) is 3.34. The smallest absolute Gasteiger partial charge is 0.226 e. The number of rotatable bonds is 4. The van der Waals surface area contributed by atoms with Crippen molar-refractivity contribution < 1.29 is 4.79 Å². The SMILES string of the molecule is Nc1[nH]ncc1CNC(=O)Cc1ccccn1. The molecule has 0 atom stereocenters. The lowest BCUT2D eigenvalue weighted by Gasteiger charge is -2.03. The third-order valence-electron chi connectivity index (χ3n) is 2.30. The minimum absolute atomic E-state index is 0.0932. The molecule has 0 aromatic carbocycles. The summed E-state index contributed by atoms with van der Waals surface area (Å²) in [6.07, 6.45) is 3.52. The van der Waals surface area contributed by atoms with Gasteiger partial charge < -0.3 is 11.1 Å². The molecule has 0 aliphatic heterocycles. The third-order valence-corrected chi connectivity index (χ3v) is 2.30. The Morgan fingerprint density at radius 1 is 1.47 bits per heavy atom. The Bertz CT molecular complexity index is 494. The highest BCUT2D eigenvalue weighted by Gasteiger charge is 2.06. The fourth-order valence-corrected chi connectivity index (χ4v) is 1.39. The van der Waals surface area contributed by atoms with E-state index in [0.717, 1.165) is 11.3 Å². The van der Waals surface area contributed by atoms with Gasteiger partial charge in [0.2, 0.25) is 5.91 Å². The van der Waals surface area contributed by atoms with Crippen LogP contribution in [0.1, 0.15) is 11.3 Å². The molecule has 4 N–H and O–H groups in total. The van der Waals surface area contributed by atoms with Crippen molar-refractivity contribution >= 4 is 11.7 Å². The van der Waals surface area contributed by atoms with Crippen LogP contribution in [0, 0.1) is 0 Å². The van der Waals surface area contributed by atoms with Gasteiger partial charge in [-0.1, -0.05) is 6.07 Å². The maximum Gasteiger partial charge on any atom is 0.226 e. The average Bonchev–Trinajstić information content (AvgIpc) is 2.74. The number of H-pyrrole nitrogens is 1. The number of anilines is 1. The Hall–Kier alpha value is -2.37. The molecule has 0 saturated heterocycles. The second-order valence-electron chi connectivity index (χ2n) is 3.58. The summed E-state index contributed by atoms with van der Waals surface area (Å²) in [7, 11) is 0. The molecule has 2 heterocycles. The van der Waals surface area contributed by atoms with Crippen LogP contribution in [-0.4, -0.2) is 21.1 Å². The van der Waals surface area contributed by atoms with Crippen molar-refractivity contribution in [1.29, 1.82) is 0 Å². The van der Waals surface area contributed by atoms with Gasteiger partial charge in [0.1, 0.15) is 5.82 Å². The van der Waals surface area contributed by atoms with Gasteiger partial charge in [-0.3, -0.25) is 14.9 Å². The number of amides is 1. The van der Waals surface area contributed by atoms with E-state index in [0.29, 0.717) is 12.4 Å². The van der Waals surface area contributed by atoms with Crippen LogP contribution in [0.15, 0.2) is 30.6 Å². The predicted octanol–water partition coefficient (Wildman–Crippen LogP) is 0.246. The van der Waals surface area contributed by atoms with Crippen LogP contribution in [0.2, 0.25) is 0 Å². The number of hydrogen-bond acceptors (Lipinski definition) is 4. The first kappa shape index (κ1) is 11.1. The topological polar surface area (TPSA) is 96.7 Å². The van der Waals surface area contributed by atoms with Gasteiger partial charge >= 0.3 is 0 Å². The lowest BCUT2D eigenvalue weighted by Crippen LogP contribution is -2.25. The Morgan fingerprint density at radius 2 is 2.35 bits per heavy atom. The zero-order valence-corrected chi connectivity index (χ0v) is 9.18. The summed E-state index contributed by atoms with van der Waals surface area (Å²) in [5, 5.41) is 9.13. The molecule has 0 spiro atoms. The highest BCUT2D eigenvalue weighted by atomic mass is 16.1. The highest BCUT2D eigenvalue weighted by molar-refractivity contribution is 5.78. The molecule has 6 heteroatoms. The molecule has 0 fully saturated rings. The van der Waals surface area contributed by atoms with E-state index in [2.05, 4.69) is 20.5 Å². The Morgan fingerprint density at radius 3 is 3.00 bits per heavy atom. The number of nitrogen functional groups attached to an aromatic ring is 1. The number of nitrogens with zero attached hydrogens (tertiary/aromatic N) is 2. The molecule has 0 radical (unpaired) electrons. The van der Waals surface area contributed by atoms with Crippen LogP contribution < -0.4 is 11.1 Å². The maximum atomic E-state index is 11.6. The van der Waals surface area contributed by atoms with Crippen LogP contribution in [0.5, 0.6) is 0 Å². The highest BCUT2D eigenvalue weighted by Crippen LogP contribution is 2.04. The average molecular weight is 231 g/mol. The molecule has 2 aromatic rings. The van der Waals surface area contributed by atoms with Gasteiger partial charge in [-0.15, -0.1) is 0 Å². The normalized spacial score (nSPS) is 10.1. The molecule has 0 bridgehead atoms. The molecular weight excluding hydrogens is 218 g/mol. The van der Waals surface area contributed by atoms with Gasteiger partial charge in [0.25, 0.3) is 0 Å². The van der Waals surface area contributed by atoms with E-state index in [1.165, 1.54) is 0 Å². The standard InChI is InChI=1S/C11H13N5O/c12-11-8(7-15-16-11)6-14-10(17)5-9-3-1-2-4-13-9/h1-4,7H,5-6H2,(H,14,17)(H3,12,15,16). The van der Waals surface area contributed by atoms with Crippen LogP contribution in [0.4, 0.5) is 5.82 Å². The van der Waals surface area contributed by atoms with Crippen LogP contribution in [0.25, 0.3) is 0 Å². The van der Waals surface area contributed by atoms with E-state index in [1.807, 2.05) is 18.2 Å². The summed E-state index contributed by atoms with van der Waals surface area (Å²) in [6, 6.07) is 5.48. The Labute approximate surface area is 98.3 Å². The van der Waals surface area contributed by atoms with E-state index in [9.17, 15) is 4.79 Å². The summed E-state index contributed by atoms with van der Waals surface area (Å²) in [5.74, 6) is 0.382. The molecular formula is C11H13N5O.